The molecule has 1 aliphatic rings. The molecular formula is C20H30N4O. The second-order valence-corrected chi connectivity index (χ2v) is 8.20. The smallest absolute Gasteiger partial charge is 0.143 e. The van der Waals surface area contributed by atoms with E-state index < -0.39 is 0 Å². The van der Waals surface area contributed by atoms with Crippen LogP contribution in [0.1, 0.15) is 32.3 Å². The molecule has 1 atom stereocenters. The van der Waals surface area contributed by atoms with Crippen molar-refractivity contribution < 1.29 is 5.11 Å². The normalized spacial score (nSPS) is 18.6. The molecule has 3 rings (SSSR count). The van der Waals surface area contributed by atoms with Gasteiger partial charge in [0.25, 0.3) is 0 Å². The fourth-order valence-corrected chi connectivity index (χ4v) is 3.21. The predicted molar refractivity (Wildman–Crippen MR) is 101 cm³/mol. The monoisotopic (exact) mass is 342 g/mol. The third-order valence-electron chi connectivity index (χ3n) is 5.10. The van der Waals surface area contributed by atoms with Crippen LogP contribution in [0.5, 0.6) is 0 Å². The van der Waals surface area contributed by atoms with Gasteiger partial charge in [0.05, 0.1) is 18.2 Å². The molecule has 5 nitrogen and oxygen atoms in total. The molecule has 0 radical (unpaired) electrons. The molecule has 1 N–H and O–H groups in total. The van der Waals surface area contributed by atoms with Crippen molar-refractivity contribution >= 4 is 10.9 Å². The summed E-state index contributed by atoms with van der Waals surface area (Å²) in [6.45, 7) is 13.8. The second-order valence-electron chi connectivity index (χ2n) is 8.20. The SMILES string of the molecule is Cc1nc(CN2CCN(C[C@@H](O)C(C)(C)C)CC2)nc2ccccc12. The van der Waals surface area contributed by atoms with Crippen molar-refractivity contribution in [2.24, 2.45) is 5.41 Å². The largest absolute Gasteiger partial charge is 0.391 e. The van der Waals surface area contributed by atoms with Gasteiger partial charge < -0.3 is 5.11 Å². The van der Waals surface area contributed by atoms with E-state index >= 15 is 0 Å². The Morgan fingerprint density at radius 3 is 2.36 bits per heavy atom. The molecule has 2 aromatic rings. The summed E-state index contributed by atoms with van der Waals surface area (Å²) in [7, 11) is 0. The molecule has 2 heterocycles. The number of hydrogen-bond acceptors (Lipinski definition) is 5. The van der Waals surface area contributed by atoms with Crippen molar-refractivity contribution in [1.29, 1.82) is 0 Å². The highest BCUT2D eigenvalue weighted by atomic mass is 16.3. The van der Waals surface area contributed by atoms with Gasteiger partial charge in [0.15, 0.2) is 0 Å². The molecule has 25 heavy (non-hydrogen) atoms. The minimum atomic E-state index is -0.287. The van der Waals surface area contributed by atoms with Crippen LogP contribution in [-0.4, -0.2) is 63.7 Å². The standard InChI is InChI=1S/C20H30N4O/c1-15-16-7-5-6-8-17(16)22-19(21-15)14-24-11-9-23(10-12-24)13-18(25)20(2,3)4/h5-8,18,25H,9-14H2,1-4H3/t18-/m1/s1. The summed E-state index contributed by atoms with van der Waals surface area (Å²) in [6, 6.07) is 8.19. The van der Waals surface area contributed by atoms with E-state index in [-0.39, 0.29) is 11.5 Å². The molecular weight excluding hydrogens is 312 g/mol. The molecule has 5 heteroatoms. The van der Waals surface area contributed by atoms with E-state index in [4.69, 9.17) is 4.98 Å². The molecule has 0 spiro atoms. The Bertz CT molecular complexity index is 717. The summed E-state index contributed by atoms with van der Waals surface area (Å²) < 4.78 is 0. The Labute approximate surface area is 150 Å². The average molecular weight is 342 g/mol. The van der Waals surface area contributed by atoms with Gasteiger partial charge in [-0.3, -0.25) is 9.80 Å². The maximum absolute atomic E-state index is 10.3. The maximum Gasteiger partial charge on any atom is 0.143 e. The van der Waals surface area contributed by atoms with E-state index in [1.54, 1.807) is 0 Å². The van der Waals surface area contributed by atoms with Crippen molar-refractivity contribution in [2.75, 3.05) is 32.7 Å². The molecule has 1 aromatic carbocycles. The molecule has 0 amide bonds. The second kappa shape index (κ2) is 7.36. The summed E-state index contributed by atoms with van der Waals surface area (Å²) in [4.78, 5) is 14.2. The number of piperazine rings is 1. The summed E-state index contributed by atoms with van der Waals surface area (Å²) >= 11 is 0. The van der Waals surface area contributed by atoms with E-state index in [0.29, 0.717) is 0 Å². The summed E-state index contributed by atoms with van der Waals surface area (Å²) in [5.74, 6) is 0.902. The molecule has 1 saturated heterocycles. The topological polar surface area (TPSA) is 52.5 Å². The van der Waals surface area contributed by atoms with E-state index in [2.05, 4.69) is 54.6 Å². The molecule has 1 aromatic heterocycles. The van der Waals surface area contributed by atoms with Crippen LogP contribution in [0.2, 0.25) is 0 Å². The van der Waals surface area contributed by atoms with Crippen LogP contribution in [-0.2, 0) is 6.54 Å². The Morgan fingerprint density at radius 1 is 1.04 bits per heavy atom. The van der Waals surface area contributed by atoms with Crippen LogP contribution in [0.15, 0.2) is 24.3 Å². The van der Waals surface area contributed by atoms with Crippen LogP contribution in [0.4, 0.5) is 0 Å². The van der Waals surface area contributed by atoms with Gasteiger partial charge in [0.2, 0.25) is 0 Å². The molecule has 0 bridgehead atoms. The van der Waals surface area contributed by atoms with Crippen LogP contribution in [0.3, 0.4) is 0 Å². The zero-order valence-corrected chi connectivity index (χ0v) is 15.9. The summed E-state index contributed by atoms with van der Waals surface area (Å²) in [5.41, 5.74) is 2.01. The predicted octanol–water partition coefficient (Wildman–Crippen LogP) is 2.46. The lowest BCUT2D eigenvalue weighted by Gasteiger charge is -2.37. The first-order valence-electron chi connectivity index (χ1n) is 9.18. The number of hydrogen-bond donors (Lipinski definition) is 1. The number of fused-ring (bicyclic) bond motifs is 1. The zero-order valence-electron chi connectivity index (χ0n) is 15.9. The van der Waals surface area contributed by atoms with Crippen molar-refractivity contribution in [3.8, 4) is 0 Å². The number of aromatic nitrogens is 2. The first-order valence-corrected chi connectivity index (χ1v) is 9.18. The fourth-order valence-electron chi connectivity index (χ4n) is 3.21. The Hall–Kier alpha value is -1.56. The lowest BCUT2D eigenvalue weighted by atomic mass is 9.89. The minimum absolute atomic E-state index is 0.0619. The van der Waals surface area contributed by atoms with Gasteiger partial charge in [-0.25, -0.2) is 9.97 Å². The highest BCUT2D eigenvalue weighted by Crippen LogP contribution is 2.21. The summed E-state index contributed by atoms with van der Waals surface area (Å²) in [6.07, 6.45) is -0.287. The van der Waals surface area contributed by atoms with Crippen LogP contribution in [0.25, 0.3) is 10.9 Å². The zero-order chi connectivity index (χ0) is 18.0. The van der Waals surface area contributed by atoms with Gasteiger partial charge in [0.1, 0.15) is 5.82 Å². The number of aliphatic hydroxyl groups excluding tert-OH is 1. The number of β-amino-alcohol motifs (C(OH)–C–C–N with tert-alkyl or cyclic N) is 1. The average Bonchev–Trinajstić information content (AvgIpc) is 2.56. The molecule has 136 valence electrons. The molecule has 0 aliphatic carbocycles. The van der Waals surface area contributed by atoms with E-state index in [1.165, 1.54) is 0 Å². The van der Waals surface area contributed by atoms with Gasteiger partial charge in [-0.15, -0.1) is 0 Å². The van der Waals surface area contributed by atoms with E-state index in [9.17, 15) is 5.11 Å². The first kappa shape index (κ1) is 18.2. The van der Waals surface area contributed by atoms with Gasteiger partial charge >= 0.3 is 0 Å². The maximum atomic E-state index is 10.3. The lowest BCUT2D eigenvalue weighted by Crippen LogP contribution is -2.50. The Morgan fingerprint density at radius 2 is 1.68 bits per heavy atom. The number of nitrogens with zero attached hydrogens (tertiary/aromatic N) is 4. The Balaban J connectivity index is 1.57. The highest BCUT2D eigenvalue weighted by molar-refractivity contribution is 5.80. The number of para-hydroxylation sites is 1. The fraction of sp³-hybridized carbons (Fsp3) is 0.600. The first-order chi connectivity index (χ1) is 11.8. The van der Waals surface area contributed by atoms with Crippen molar-refractivity contribution in [1.82, 2.24) is 19.8 Å². The third kappa shape index (κ3) is 4.54. The lowest BCUT2D eigenvalue weighted by molar-refractivity contribution is 0.0123. The number of rotatable bonds is 4. The van der Waals surface area contributed by atoms with Gasteiger partial charge in [-0.05, 0) is 18.4 Å². The molecule has 1 fully saturated rings. The van der Waals surface area contributed by atoms with Crippen molar-refractivity contribution in [2.45, 2.75) is 40.3 Å². The van der Waals surface area contributed by atoms with Crippen LogP contribution in [0, 0.1) is 12.3 Å². The van der Waals surface area contributed by atoms with Gasteiger partial charge in [0, 0.05) is 43.8 Å². The van der Waals surface area contributed by atoms with Crippen molar-refractivity contribution in [3.63, 3.8) is 0 Å². The minimum Gasteiger partial charge on any atom is -0.391 e. The van der Waals surface area contributed by atoms with Crippen LogP contribution >= 0.6 is 0 Å². The van der Waals surface area contributed by atoms with E-state index in [1.807, 2.05) is 12.1 Å². The molecule has 0 unspecified atom stereocenters. The number of aliphatic hydroxyl groups is 1. The quantitative estimate of drug-likeness (QED) is 0.925. The molecule has 0 saturated carbocycles. The van der Waals surface area contributed by atoms with Gasteiger partial charge in [-0.1, -0.05) is 39.0 Å². The van der Waals surface area contributed by atoms with Crippen LogP contribution < -0.4 is 0 Å². The van der Waals surface area contributed by atoms with Crippen molar-refractivity contribution in [3.05, 3.63) is 35.8 Å². The number of benzene rings is 1. The Kier molecular flexibility index (Phi) is 5.37. The van der Waals surface area contributed by atoms with E-state index in [0.717, 1.165) is 61.7 Å². The summed E-state index contributed by atoms with van der Waals surface area (Å²) in [5, 5.41) is 11.4. The number of aryl methyl sites for hydroxylation is 1. The van der Waals surface area contributed by atoms with Gasteiger partial charge in [-0.2, -0.15) is 0 Å². The molecule has 1 aliphatic heterocycles. The third-order valence-corrected chi connectivity index (χ3v) is 5.10. The highest BCUT2D eigenvalue weighted by Gasteiger charge is 2.26.